The molecule has 0 aromatic heterocycles. The molecule has 1 fully saturated rings. The maximum absolute atomic E-state index is 12.6. The third-order valence-corrected chi connectivity index (χ3v) is 5.31. The van der Waals surface area contributed by atoms with Crippen LogP contribution in [0.4, 0.5) is 0 Å². The van der Waals surface area contributed by atoms with Crippen LogP contribution in [0.15, 0.2) is 48.5 Å². The smallest absolute Gasteiger partial charge is 0.237 e. The van der Waals surface area contributed by atoms with Crippen LogP contribution in [0.25, 0.3) is 0 Å². The molecular weight excluding hydrogens is 382 g/mol. The average molecular weight is 412 g/mol. The minimum Gasteiger partial charge on any atom is -0.493 e. The Morgan fingerprint density at radius 2 is 1.93 bits per heavy atom. The highest BCUT2D eigenvalue weighted by Gasteiger charge is 2.31. The predicted molar refractivity (Wildman–Crippen MR) is 115 cm³/mol. The van der Waals surface area contributed by atoms with Gasteiger partial charge in [-0.1, -0.05) is 42.5 Å². The van der Waals surface area contributed by atoms with E-state index in [2.05, 4.69) is 27.7 Å². The number of benzene rings is 2. The number of carbonyl (C=O) groups is 2. The van der Waals surface area contributed by atoms with Crippen LogP contribution in [0.1, 0.15) is 17.5 Å². The number of rotatable bonds is 9. The van der Waals surface area contributed by atoms with Crippen LogP contribution in [0, 0.1) is 0 Å². The van der Waals surface area contributed by atoms with Gasteiger partial charge >= 0.3 is 0 Å². The summed E-state index contributed by atoms with van der Waals surface area (Å²) in [5.74, 6) is 0.943. The fourth-order valence-electron chi connectivity index (χ4n) is 3.70. The Morgan fingerprint density at radius 3 is 2.67 bits per heavy atom. The van der Waals surface area contributed by atoms with E-state index in [0.29, 0.717) is 24.6 Å². The van der Waals surface area contributed by atoms with Crippen molar-refractivity contribution in [2.45, 2.75) is 25.4 Å². The quantitative estimate of drug-likeness (QED) is 0.657. The summed E-state index contributed by atoms with van der Waals surface area (Å²) >= 11 is 0. The summed E-state index contributed by atoms with van der Waals surface area (Å²) in [6.07, 6.45) is 0.958. The molecule has 0 saturated carbocycles. The van der Waals surface area contributed by atoms with Crippen LogP contribution in [0.5, 0.6) is 11.5 Å². The Labute approximate surface area is 177 Å². The first kappa shape index (κ1) is 21.6. The topological polar surface area (TPSA) is 79.9 Å². The van der Waals surface area contributed by atoms with Gasteiger partial charge in [-0.15, -0.1) is 0 Å². The first-order valence-corrected chi connectivity index (χ1v) is 10.1. The number of piperazine rings is 1. The monoisotopic (exact) mass is 411 g/mol. The molecule has 0 spiro atoms. The molecule has 3 rings (SSSR count). The van der Waals surface area contributed by atoms with E-state index in [0.717, 1.165) is 25.1 Å². The lowest BCUT2D eigenvalue weighted by Gasteiger charge is -2.34. The van der Waals surface area contributed by atoms with Crippen LogP contribution < -0.4 is 20.1 Å². The van der Waals surface area contributed by atoms with Gasteiger partial charge in [-0.2, -0.15) is 0 Å². The number of methoxy groups -OCH3 is 2. The maximum Gasteiger partial charge on any atom is 0.237 e. The van der Waals surface area contributed by atoms with Crippen molar-refractivity contribution < 1.29 is 19.1 Å². The van der Waals surface area contributed by atoms with Crippen LogP contribution in [0.3, 0.4) is 0 Å². The van der Waals surface area contributed by atoms with Gasteiger partial charge in [0.2, 0.25) is 11.8 Å². The fourth-order valence-corrected chi connectivity index (χ4v) is 3.70. The Morgan fingerprint density at radius 1 is 1.13 bits per heavy atom. The molecule has 1 aliphatic heterocycles. The minimum absolute atomic E-state index is 0.0941. The lowest BCUT2D eigenvalue weighted by Crippen LogP contribution is -2.56. The van der Waals surface area contributed by atoms with E-state index in [4.69, 9.17) is 9.47 Å². The third kappa shape index (κ3) is 5.51. The third-order valence-electron chi connectivity index (χ3n) is 5.31. The van der Waals surface area contributed by atoms with E-state index >= 15 is 0 Å². The Kier molecular flexibility index (Phi) is 7.68. The van der Waals surface area contributed by atoms with Crippen LogP contribution in [0.2, 0.25) is 0 Å². The number of ether oxygens (including phenoxy) is 2. The molecule has 0 bridgehead atoms. The molecule has 1 unspecified atom stereocenters. The molecule has 160 valence electrons. The van der Waals surface area contributed by atoms with E-state index in [1.807, 2.05) is 30.3 Å². The van der Waals surface area contributed by atoms with Crippen molar-refractivity contribution in [2.75, 3.05) is 33.9 Å². The number of hydrogen-bond donors (Lipinski definition) is 2. The maximum atomic E-state index is 12.6. The predicted octanol–water partition coefficient (Wildman–Crippen LogP) is 1.75. The second-order valence-electron chi connectivity index (χ2n) is 7.21. The lowest BCUT2D eigenvalue weighted by molar-refractivity contribution is -0.134. The average Bonchev–Trinajstić information content (AvgIpc) is 2.78. The summed E-state index contributed by atoms with van der Waals surface area (Å²) in [6, 6.07) is 15.2. The molecule has 0 aliphatic carbocycles. The Bertz CT molecular complexity index is 857. The molecule has 0 radical (unpaired) electrons. The van der Waals surface area contributed by atoms with E-state index < -0.39 is 6.04 Å². The summed E-state index contributed by atoms with van der Waals surface area (Å²) in [4.78, 5) is 27.1. The van der Waals surface area contributed by atoms with Crippen molar-refractivity contribution in [3.8, 4) is 11.5 Å². The van der Waals surface area contributed by atoms with E-state index in [1.54, 1.807) is 20.3 Å². The summed E-state index contributed by atoms with van der Waals surface area (Å²) in [5.41, 5.74) is 2.04. The van der Waals surface area contributed by atoms with Gasteiger partial charge in [0, 0.05) is 31.7 Å². The highest BCUT2D eigenvalue weighted by Crippen LogP contribution is 2.30. The molecule has 1 saturated heterocycles. The van der Waals surface area contributed by atoms with Gasteiger partial charge in [-0.3, -0.25) is 14.5 Å². The fraction of sp³-hybridized carbons (Fsp3) is 0.391. The van der Waals surface area contributed by atoms with Crippen molar-refractivity contribution in [3.05, 3.63) is 59.7 Å². The number of hydrogen-bond acceptors (Lipinski definition) is 5. The van der Waals surface area contributed by atoms with Crippen molar-refractivity contribution in [1.29, 1.82) is 0 Å². The molecule has 30 heavy (non-hydrogen) atoms. The molecule has 1 heterocycles. The van der Waals surface area contributed by atoms with Gasteiger partial charge in [0.1, 0.15) is 0 Å². The number of amides is 2. The van der Waals surface area contributed by atoms with Crippen molar-refractivity contribution >= 4 is 11.8 Å². The molecule has 1 atom stereocenters. The molecule has 7 heteroatoms. The number of nitrogens with one attached hydrogen (secondary N) is 2. The largest absolute Gasteiger partial charge is 0.493 e. The van der Waals surface area contributed by atoms with Crippen LogP contribution >= 0.6 is 0 Å². The van der Waals surface area contributed by atoms with Gasteiger partial charge in [0.05, 0.1) is 26.7 Å². The van der Waals surface area contributed by atoms with Gasteiger partial charge in [0.25, 0.3) is 0 Å². The summed E-state index contributed by atoms with van der Waals surface area (Å²) in [5, 5.41) is 5.78. The van der Waals surface area contributed by atoms with E-state index in [-0.39, 0.29) is 18.2 Å². The SMILES string of the molecule is COc1cccc(CNC(=O)CC2C(=O)NCCN2CCc2ccccc2)c1OC. The first-order chi connectivity index (χ1) is 14.6. The van der Waals surface area contributed by atoms with Gasteiger partial charge in [-0.25, -0.2) is 0 Å². The van der Waals surface area contributed by atoms with E-state index in [9.17, 15) is 9.59 Å². The van der Waals surface area contributed by atoms with Crippen LogP contribution in [-0.2, 0) is 22.6 Å². The number of nitrogens with zero attached hydrogens (tertiary/aromatic N) is 1. The molecule has 2 amide bonds. The zero-order valence-electron chi connectivity index (χ0n) is 17.5. The van der Waals surface area contributed by atoms with Crippen LogP contribution in [-0.4, -0.2) is 56.6 Å². The minimum atomic E-state index is -0.463. The standard InChI is InChI=1S/C23H29N3O4/c1-29-20-10-6-9-18(22(20)30-2)16-25-21(27)15-19-23(28)24-12-14-26(19)13-11-17-7-4-3-5-8-17/h3-10,19H,11-16H2,1-2H3,(H,24,28)(H,25,27). The molecule has 1 aliphatic rings. The normalized spacial score (nSPS) is 16.6. The Hall–Kier alpha value is -3.06. The van der Waals surface area contributed by atoms with Crippen molar-refractivity contribution in [2.24, 2.45) is 0 Å². The summed E-state index contributed by atoms with van der Waals surface area (Å²) < 4.78 is 10.7. The van der Waals surface area contributed by atoms with E-state index in [1.165, 1.54) is 5.56 Å². The lowest BCUT2D eigenvalue weighted by atomic mass is 10.1. The molecule has 2 N–H and O–H groups in total. The van der Waals surface area contributed by atoms with Crippen molar-refractivity contribution in [3.63, 3.8) is 0 Å². The second kappa shape index (κ2) is 10.6. The zero-order chi connectivity index (χ0) is 21.3. The molecular formula is C23H29N3O4. The van der Waals surface area contributed by atoms with Gasteiger partial charge in [0.15, 0.2) is 11.5 Å². The zero-order valence-corrected chi connectivity index (χ0v) is 17.5. The summed E-state index contributed by atoms with van der Waals surface area (Å²) in [6.45, 7) is 2.38. The first-order valence-electron chi connectivity index (χ1n) is 10.1. The molecule has 2 aromatic rings. The van der Waals surface area contributed by atoms with Gasteiger partial charge < -0.3 is 20.1 Å². The highest BCUT2D eigenvalue weighted by atomic mass is 16.5. The summed E-state index contributed by atoms with van der Waals surface area (Å²) in [7, 11) is 3.14. The van der Waals surface area contributed by atoms with Crippen molar-refractivity contribution in [1.82, 2.24) is 15.5 Å². The molecule has 7 nitrogen and oxygen atoms in total. The highest BCUT2D eigenvalue weighted by molar-refractivity contribution is 5.88. The number of carbonyl (C=O) groups excluding carboxylic acids is 2. The Balaban J connectivity index is 1.58. The van der Waals surface area contributed by atoms with Gasteiger partial charge in [-0.05, 0) is 18.1 Å². The molecule has 2 aromatic carbocycles. The second-order valence-corrected chi connectivity index (χ2v) is 7.21. The number of para-hydroxylation sites is 1.